The lowest BCUT2D eigenvalue weighted by Gasteiger charge is -2.24. The van der Waals surface area contributed by atoms with E-state index >= 15 is 0 Å². The van der Waals surface area contributed by atoms with Gasteiger partial charge in [-0.15, -0.1) is 0 Å². The van der Waals surface area contributed by atoms with E-state index < -0.39 is 0 Å². The van der Waals surface area contributed by atoms with Gasteiger partial charge in [0.05, 0.1) is 22.6 Å². The summed E-state index contributed by atoms with van der Waals surface area (Å²) in [4.78, 5) is 12.9. The molecule has 0 aliphatic heterocycles. The molecule has 2 aromatic carbocycles. The van der Waals surface area contributed by atoms with Crippen molar-refractivity contribution in [1.82, 2.24) is 9.78 Å². The van der Waals surface area contributed by atoms with Gasteiger partial charge in [-0.1, -0.05) is 36.4 Å². The molecule has 3 nitrogen and oxygen atoms in total. The fourth-order valence-corrected chi connectivity index (χ4v) is 4.00. The average Bonchev–Trinajstić information content (AvgIpc) is 2.92. The lowest BCUT2D eigenvalue weighted by molar-refractivity contribution is 0.0963. The minimum atomic E-state index is 0.214. The molecule has 1 aliphatic rings. The van der Waals surface area contributed by atoms with E-state index in [0.717, 1.165) is 29.1 Å². The topological polar surface area (TPSA) is 34.9 Å². The van der Waals surface area contributed by atoms with Crippen LogP contribution in [0.5, 0.6) is 0 Å². The third-order valence-corrected chi connectivity index (χ3v) is 5.18. The number of nitrogens with zero attached hydrogens (tertiary/aromatic N) is 2. The zero-order valence-electron chi connectivity index (χ0n) is 14.9. The number of aromatic nitrogens is 2. The Balaban J connectivity index is 1.83. The predicted molar refractivity (Wildman–Crippen MR) is 99.6 cm³/mol. The van der Waals surface area contributed by atoms with Gasteiger partial charge in [0.25, 0.3) is 0 Å². The van der Waals surface area contributed by atoms with Crippen LogP contribution in [0.2, 0.25) is 0 Å². The van der Waals surface area contributed by atoms with Gasteiger partial charge < -0.3 is 0 Å². The Kier molecular flexibility index (Phi) is 3.79. The molecule has 0 N–H and O–H groups in total. The van der Waals surface area contributed by atoms with Gasteiger partial charge in [-0.2, -0.15) is 5.10 Å². The van der Waals surface area contributed by atoms with Crippen LogP contribution in [0.3, 0.4) is 0 Å². The lowest BCUT2D eigenvalue weighted by atomic mass is 9.80. The maximum absolute atomic E-state index is 12.9. The number of hydrogen-bond acceptors (Lipinski definition) is 2. The number of hydrogen-bond donors (Lipinski definition) is 0. The molecule has 1 aromatic heterocycles. The minimum absolute atomic E-state index is 0.214. The van der Waals surface area contributed by atoms with E-state index in [1.54, 1.807) is 0 Å². The zero-order valence-corrected chi connectivity index (χ0v) is 14.9. The Morgan fingerprint density at radius 3 is 2.56 bits per heavy atom. The van der Waals surface area contributed by atoms with Gasteiger partial charge in [-0.3, -0.25) is 4.79 Å². The Morgan fingerprint density at radius 2 is 1.80 bits per heavy atom. The SMILES string of the molecule is Cc1cccc(-n2nc(C)c3c2C[C@H](c2ccccc2C)CC3=O)c1. The van der Waals surface area contributed by atoms with Gasteiger partial charge in [-0.05, 0) is 61.9 Å². The van der Waals surface area contributed by atoms with Crippen molar-refractivity contribution in [2.24, 2.45) is 0 Å². The van der Waals surface area contributed by atoms with Crippen LogP contribution in [0, 0.1) is 20.8 Å². The first-order chi connectivity index (χ1) is 12.0. The molecule has 1 heterocycles. The third-order valence-electron chi connectivity index (χ3n) is 5.18. The molecule has 1 aliphatic carbocycles. The summed E-state index contributed by atoms with van der Waals surface area (Å²) >= 11 is 0. The maximum Gasteiger partial charge on any atom is 0.167 e. The minimum Gasteiger partial charge on any atom is -0.294 e. The number of rotatable bonds is 2. The van der Waals surface area contributed by atoms with Crippen LogP contribution in [0.4, 0.5) is 0 Å². The van der Waals surface area contributed by atoms with Gasteiger partial charge in [0.2, 0.25) is 0 Å². The molecule has 0 unspecified atom stereocenters. The van der Waals surface area contributed by atoms with Crippen LogP contribution >= 0.6 is 0 Å². The summed E-state index contributed by atoms with van der Waals surface area (Å²) < 4.78 is 1.97. The smallest absolute Gasteiger partial charge is 0.167 e. The second-order valence-electron chi connectivity index (χ2n) is 7.04. The Bertz CT molecular complexity index is 968. The zero-order chi connectivity index (χ0) is 17.6. The first-order valence-corrected chi connectivity index (χ1v) is 8.79. The van der Waals surface area contributed by atoms with Crippen LogP contribution < -0.4 is 0 Å². The number of benzene rings is 2. The summed E-state index contributed by atoms with van der Waals surface area (Å²) in [5, 5.41) is 4.70. The number of Topliss-reactive ketones (excluding diaryl/α,β-unsaturated/α-hetero) is 1. The molecule has 3 aromatic rings. The summed E-state index contributed by atoms with van der Waals surface area (Å²) in [7, 11) is 0. The molecule has 0 fully saturated rings. The van der Waals surface area contributed by atoms with Crippen LogP contribution in [-0.4, -0.2) is 15.6 Å². The second kappa shape index (κ2) is 5.99. The molecule has 1 atom stereocenters. The molecule has 4 rings (SSSR count). The molecule has 0 amide bonds. The summed E-state index contributed by atoms with van der Waals surface area (Å²) in [5.74, 6) is 0.437. The normalized spacial score (nSPS) is 16.8. The van der Waals surface area contributed by atoms with E-state index in [1.165, 1.54) is 16.7 Å². The fourth-order valence-electron chi connectivity index (χ4n) is 4.00. The quantitative estimate of drug-likeness (QED) is 0.682. The van der Waals surface area contributed by atoms with E-state index in [0.29, 0.717) is 6.42 Å². The Labute approximate surface area is 148 Å². The molecular formula is C22H22N2O. The number of fused-ring (bicyclic) bond motifs is 1. The van der Waals surface area contributed by atoms with Crippen molar-refractivity contribution >= 4 is 5.78 Å². The van der Waals surface area contributed by atoms with Gasteiger partial charge in [-0.25, -0.2) is 4.68 Å². The van der Waals surface area contributed by atoms with Crippen molar-refractivity contribution in [3.63, 3.8) is 0 Å². The highest BCUT2D eigenvalue weighted by molar-refractivity contribution is 6.00. The van der Waals surface area contributed by atoms with Gasteiger partial charge in [0.1, 0.15) is 0 Å². The largest absolute Gasteiger partial charge is 0.294 e. The van der Waals surface area contributed by atoms with E-state index in [4.69, 9.17) is 5.10 Å². The van der Waals surface area contributed by atoms with Gasteiger partial charge >= 0.3 is 0 Å². The predicted octanol–water partition coefficient (Wildman–Crippen LogP) is 4.71. The van der Waals surface area contributed by atoms with Crippen molar-refractivity contribution in [1.29, 1.82) is 0 Å². The van der Waals surface area contributed by atoms with Crippen LogP contribution in [-0.2, 0) is 6.42 Å². The molecule has 0 saturated carbocycles. The summed E-state index contributed by atoms with van der Waals surface area (Å²) in [6, 6.07) is 16.7. The van der Waals surface area contributed by atoms with Crippen LogP contribution in [0.25, 0.3) is 5.69 Å². The highest BCUT2D eigenvalue weighted by Gasteiger charge is 2.32. The number of carbonyl (C=O) groups excluding carboxylic acids is 1. The third kappa shape index (κ3) is 2.70. The highest BCUT2D eigenvalue weighted by Crippen LogP contribution is 2.36. The van der Waals surface area contributed by atoms with Crippen molar-refractivity contribution < 1.29 is 4.79 Å². The lowest BCUT2D eigenvalue weighted by Crippen LogP contribution is -2.21. The van der Waals surface area contributed by atoms with Crippen molar-refractivity contribution in [2.75, 3.05) is 0 Å². The average molecular weight is 330 g/mol. The van der Waals surface area contributed by atoms with Crippen molar-refractivity contribution in [3.8, 4) is 5.69 Å². The van der Waals surface area contributed by atoms with Crippen LogP contribution in [0.1, 0.15) is 50.8 Å². The summed E-state index contributed by atoms with van der Waals surface area (Å²) in [5.41, 5.74) is 7.46. The monoisotopic (exact) mass is 330 g/mol. The first-order valence-electron chi connectivity index (χ1n) is 8.79. The Hall–Kier alpha value is -2.68. The van der Waals surface area contributed by atoms with E-state index in [-0.39, 0.29) is 11.7 Å². The summed E-state index contributed by atoms with van der Waals surface area (Å²) in [6.45, 7) is 6.14. The number of aryl methyl sites for hydroxylation is 3. The maximum atomic E-state index is 12.9. The molecule has 0 bridgehead atoms. The van der Waals surface area contributed by atoms with Crippen LogP contribution in [0.15, 0.2) is 48.5 Å². The van der Waals surface area contributed by atoms with Gasteiger partial charge in [0.15, 0.2) is 5.78 Å². The standard InChI is InChI=1S/C22H22N2O/c1-14-7-6-9-18(11-14)24-20-12-17(19-10-5-4-8-15(19)2)13-21(25)22(20)16(3)23-24/h4-11,17H,12-13H2,1-3H3/t17-/m0/s1. The highest BCUT2D eigenvalue weighted by atomic mass is 16.1. The molecular weight excluding hydrogens is 308 g/mol. The first kappa shape index (κ1) is 15.8. The molecule has 3 heteroatoms. The fraction of sp³-hybridized carbons (Fsp3) is 0.273. The molecule has 25 heavy (non-hydrogen) atoms. The molecule has 0 saturated heterocycles. The van der Waals surface area contributed by atoms with Gasteiger partial charge in [0, 0.05) is 6.42 Å². The molecule has 0 radical (unpaired) electrons. The molecule has 126 valence electrons. The van der Waals surface area contributed by atoms with E-state index in [1.807, 2.05) is 17.7 Å². The second-order valence-corrected chi connectivity index (χ2v) is 7.04. The summed E-state index contributed by atoms with van der Waals surface area (Å²) in [6.07, 6.45) is 1.42. The molecule has 0 spiro atoms. The van der Waals surface area contributed by atoms with Crippen molar-refractivity contribution in [2.45, 2.75) is 39.5 Å². The number of carbonyl (C=O) groups is 1. The van der Waals surface area contributed by atoms with Crippen molar-refractivity contribution in [3.05, 3.63) is 82.2 Å². The number of ketones is 1. The van der Waals surface area contributed by atoms with E-state index in [2.05, 4.69) is 56.3 Å². The Morgan fingerprint density at radius 1 is 1.00 bits per heavy atom. The van der Waals surface area contributed by atoms with E-state index in [9.17, 15) is 4.79 Å².